The van der Waals surface area contributed by atoms with Crippen molar-refractivity contribution in [3.8, 4) is 0 Å². The van der Waals surface area contributed by atoms with E-state index in [1.165, 1.54) is 54.1 Å². The van der Waals surface area contributed by atoms with Crippen molar-refractivity contribution in [3.05, 3.63) is 59.2 Å². The van der Waals surface area contributed by atoms with Crippen LogP contribution in [0, 0.1) is 6.92 Å². The van der Waals surface area contributed by atoms with Gasteiger partial charge in [-0.3, -0.25) is 0 Å². The molecule has 0 bridgehead atoms. The van der Waals surface area contributed by atoms with Gasteiger partial charge in [0.25, 0.3) is 0 Å². The smallest absolute Gasteiger partial charge is 0.0399 e. The van der Waals surface area contributed by atoms with Crippen molar-refractivity contribution in [2.75, 3.05) is 18.0 Å². The summed E-state index contributed by atoms with van der Waals surface area (Å²) in [6, 6.07) is 15.8. The van der Waals surface area contributed by atoms with Gasteiger partial charge in [0, 0.05) is 28.9 Å². The van der Waals surface area contributed by atoms with E-state index in [1.807, 2.05) is 0 Å². The molecule has 2 heteroatoms. The molecule has 0 aliphatic carbocycles. The van der Waals surface area contributed by atoms with Crippen molar-refractivity contribution in [3.63, 3.8) is 0 Å². The number of thioether (sulfide) groups is 1. The average Bonchev–Trinajstić information content (AvgIpc) is 2.89. The first-order valence-electron chi connectivity index (χ1n) is 7.88. The van der Waals surface area contributed by atoms with E-state index in [9.17, 15) is 0 Å². The molecule has 2 aromatic carbocycles. The molecule has 4 rings (SSSR count). The van der Waals surface area contributed by atoms with Crippen LogP contribution in [0.2, 0.25) is 0 Å². The molecule has 0 amide bonds. The second kappa shape index (κ2) is 5.42. The minimum absolute atomic E-state index is 0.703. The van der Waals surface area contributed by atoms with Crippen LogP contribution in [0.1, 0.15) is 23.1 Å². The Morgan fingerprint density at radius 3 is 2.95 bits per heavy atom. The third-order valence-corrected chi connectivity index (χ3v) is 5.89. The monoisotopic (exact) mass is 295 g/mol. The number of nitrogens with zero attached hydrogens (tertiary/aromatic N) is 1. The summed E-state index contributed by atoms with van der Waals surface area (Å²) in [6.45, 7) is 4.58. The van der Waals surface area contributed by atoms with E-state index in [0.29, 0.717) is 5.25 Å². The van der Waals surface area contributed by atoms with E-state index in [-0.39, 0.29) is 0 Å². The first-order chi connectivity index (χ1) is 10.3. The lowest BCUT2D eigenvalue weighted by Gasteiger charge is -2.33. The van der Waals surface area contributed by atoms with Crippen LogP contribution in [0.3, 0.4) is 0 Å². The topological polar surface area (TPSA) is 3.24 Å². The predicted octanol–water partition coefficient (Wildman–Crippen LogP) is 4.46. The van der Waals surface area contributed by atoms with Gasteiger partial charge in [-0.05, 0) is 49.4 Å². The molecule has 0 spiro atoms. The third kappa shape index (κ3) is 2.57. The average molecular weight is 295 g/mol. The zero-order chi connectivity index (χ0) is 14.2. The molecule has 0 radical (unpaired) electrons. The summed E-state index contributed by atoms with van der Waals surface area (Å²) in [6.07, 6.45) is 3.75. The van der Waals surface area contributed by atoms with Crippen LogP contribution in [0.25, 0.3) is 0 Å². The molecule has 1 unspecified atom stereocenters. The summed E-state index contributed by atoms with van der Waals surface area (Å²) in [5.74, 6) is 0. The van der Waals surface area contributed by atoms with Gasteiger partial charge in [0.05, 0.1) is 0 Å². The maximum atomic E-state index is 2.61. The van der Waals surface area contributed by atoms with Gasteiger partial charge < -0.3 is 4.90 Å². The molecule has 108 valence electrons. The van der Waals surface area contributed by atoms with E-state index in [2.05, 4.69) is 66.1 Å². The molecule has 2 aromatic rings. The van der Waals surface area contributed by atoms with E-state index in [1.54, 1.807) is 5.56 Å². The van der Waals surface area contributed by atoms with Crippen molar-refractivity contribution in [2.24, 2.45) is 0 Å². The van der Waals surface area contributed by atoms with Gasteiger partial charge in [-0.1, -0.05) is 35.9 Å². The van der Waals surface area contributed by atoms with Crippen molar-refractivity contribution >= 4 is 17.4 Å². The quantitative estimate of drug-likeness (QED) is 0.804. The number of aryl methyl sites for hydroxylation is 2. The Morgan fingerprint density at radius 2 is 2.05 bits per heavy atom. The number of anilines is 1. The minimum atomic E-state index is 0.703. The number of rotatable bonds is 2. The highest BCUT2D eigenvalue weighted by Gasteiger charge is 2.26. The van der Waals surface area contributed by atoms with Gasteiger partial charge in [-0.25, -0.2) is 0 Å². The summed E-state index contributed by atoms with van der Waals surface area (Å²) in [5.41, 5.74) is 5.94. The zero-order valence-corrected chi connectivity index (χ0v) is 13.3. The maximum absolute atomic E-state index is 2.61. The van der Waals surface area contributed by atoms with Crippen LogP contribution in [0.5, 0.6) is 0 Å². The molecule has 1 atom stereocenters. The molecule has 0 saturated heterocycles. The lowest BCUT2D eigenvalue weighted by molar-refractivity contribution is 0.674. The summed E-state index contributed by atoms with van der Waals surface area (Å²) < 4.78 is 0. The summed E-state index contributed by atoms with van der Waals surface area (Å²) in [5, 5.41) is 0.703. The van der Waals surface area contributed by atoms with Crippen molar-refractivity contribution in [1.29, 1.82) is 0 Å². The van der Waals surface area contributed by atoms with Crippen molar-refractivity contribution in [1.82, 2.24) is 0 Å². The van der Waals surface area contributed by atoms with E-state index in [0.717, 1.165) is 0 Å². The second-order valence-corrected chi connectivity index (χ2v) is 7.58. The van der Waals surface area contributed by atoms with Crippen LogP contribution >= 0.6 is 11.8 Å². The minimum Gasteiger partial charge on any atom is -0.370 e. The molecule has 1 nitrogen and oxygen atoms in total. The lowest BCUT2D eigenvalue weighted by Crippen LogP contribution is -2.35. The van der Waals surface area contributed by atoms with Gasteiger partial charge in [0.2, 0.25) is 0 Å². The van der Waals surface area contributed by atoms with Gasteiger partial charge in [0.1, 0.15) is 0 Å². The Hall–Kier alpha value is -1.41. The van der Waals surface area contributed by atoms with Crippen LogP contribution in [-0.2, 0) is 12.8 Å². The molecule has 0 saturated carbocycles. The Kier molecular flexibility index (Phi) is 3.42. The predicted molar refractivity (Wildman–Crippen MR) is 91.5 cm³/mol. The Balaban J connectivity index is 1.53. The fourth-order valence-corrected chi connectivity index (χ4v) is 4.93. The molecule has 2 heterocycles. The molecule has 21 heavy (non-hydrogen) atoms. The number of benzene rings is 2. The van der Waals surface area contributed by atoms with Gasteiger partial charge >= 0.3 is 0 Å². The molecule has 2 aliphatic heterocycles. The van der Waals surface area contributed by atoms with Gasteiger partial charge in [0.15, 0.2) is 0 Å². The van der Waals surface area contributed by atoms with Crippen LogP contribution in [-0.4, -0.2) is 18.3 Å². The standard InChI is InChI=1S/C19H21NS/c1-14-8-9-18-15(11-14)6-4-10-20(18)13-17-12-16-5-2-3-7-19(16)21-17/h2-3,5,7-9,11,17H,4,6,10,12-13H2,1H3. The number of fused-ring (bicyclic) bond motifs is 2. The normalized spacial score (nSPS) is 20.2. The van der Waals surface area contributed by atoms with Crippen LogP contribution < -0.4 is 4.90 Å². The molecule has 0 aromatic heterocycles. The zero-order valence-electron chi connectivity index (χ0n) is 12.5. The molecule has 0 fully saturated rings. The first-order valence-corrected chi connectivity index (χ1v) is 8.76. The van der Waals surface area contributed by atoms with Crippen molar-refractivity contribution in [2.45, 2.75) is 36.3 Å². The Bertz CT molecular complexity index is 639. The van der Waals surface area contributed by atoms with Gasteiger partial charge in [-0.15, -0.1) is 11.8 Å². The highest BCUT2D eigenvalue weighted by atomic mass is 32.2. The van der Waals surface area contributed by atoms with E-state index in [4.69, 9.17) is 0 Å². The summed E-state index contributed by atoms with van der Waals surface area (Å²) >= 11 is 2.07. The summed E-state index contributed by atoms with van der Waals surface area (Å²) in [4.78, 5) is 4.10. The highest BCUT2D eigenvalue weighted by Crippen LogP contribution is 2.38. The van der Waals surface area contributed by atoms with Crippen LogP contribution in [0.15, 0.2) is 47.4 Å². The number of hydrogen-bond acceptors (Lipinski definition) is 2. The number of hydrogen-bond donors (Lipinski definition) is 0. The van der Waals surface area contributed by atoms with Gasteiger partial charge in [-0.2, -0.15) is 0 Å². The fourth-order valence-electron chi connectivity index (χ4n) is 3.60. The van der Waals surface area contributed by atoms with Crippen molar-refractivity contribution < 1.29 is 0 Å². The van der Waals surface area contributed by atoms with E-state index >= 15 is 0 Å². The SMILES string of the molecule is Cc1ccc2c(c1)CCCN2CC1Cc2ccccc2S1. The lowest BCUT2D eigenvalue weighted by atomic mass is 9.99. The maximum Gasteiger partial charge on any atom is 0.0399 e. The largest absolute Gasteiger partial charge is 0.370 e. The molecule has 2 aliphatic rings. The second-order valence-electron chi connectivity index (χ2n) is 6.23. The highest BCUT2D eigenvalue weighted by molar-refractivity contribution is 8.00. The molecular formula is C19H21NS. The molecular weight excluding hydrogens is 274 g/mol. The molecule has 0 N–H and O–H groups in total. The van der Waals surface area contributed by atoms with E-state index < -0.39 is 0 Å². The Morgan fingerprint density at radius 1 is 1.14 bits per heavy atom. The third-order valence-electron chi connectivity index (χ3n) is 4.59. The Labute approximate surface area is 131 Å². The summed E-state index contributed by atoms with van der Waals surface area (Å²) in [7, 11) is 0. The fraction of sp³-hybridized carbons (Fsp3) is 0.368. The first kappa shape index (κ1) is 13.3. The van der Waals surface area contributed by atoms with Crippen LogP contribution in [0.4, 0.5) is 5.69 Å².